The van der Waals surface area contributed by atoms with Crippen LogP contribution in [0, 0.1) is 5.82 Å². The molecular weight excluding hydrogens is 364 g/mol. The van der Waals surface area contributed by atoms with Crippen LogP contribution in [0.15, 0.2) is 32.9 Å². The molecule has 0 aliphatic carbocycles. The zero-order chi connectivity index (χ0) is 19.3. The van der Waals surface area contributed by atoms with Gasteiger partial charge in [-0.2, -0.15) is 13.2 Å². The Morgan fingerprint density at radius 1 is 1.04 bits per heavy atom. The van der Waals surface area contributed by atoms with Gasteiger partial charge in [-0.1, -0.05) is 0 Å². The van der Waals surface area contributed by atoms with E-state index in [0.717, 1.165) is 25.2 Å². The number of alkyl halides is 3. The Morgan fingerprint density at radius 2 is 1.74 bits per heavy atom. The monoisotopic (exact) mass is 380 g/mol. The molecule has 6 nitrogen and oxygen atoms in total. The van der Waals surface area contributed by atoms with Gasteiger partial charge in [-0.3, -0.25) is 0 Å². The Morgan fingerprint density at radius 3 is 2.41 bits per heavy atom. The first-order valence-electron chi connectivity index (χ1n) is 8.36. The van der Waals surface area contributed by atoms with Gasteiger partial charge in [0.1, 0.15) is 11.5 Å². The first-order chi connectivity index (χ1) is 12.7. The number of benzene rings is 1. The fraction of sp³-hybridized carbons (Fsp3) is 0.412. The molecule has 3 aliphatic heterocycles. The van der Waals surface area contributed by atoms with Crippen LogP contribution in [0.5, 0.6) is 0 Å². The van der Waals surface area contributed by atoms with Gasteiger partial charge in [-0.25, -0.2) is 19.4 Å². The second-order valence-electron chi connectivity index (χ2n) is 6.59. The molecule has 3 heterocycles. The molecule has 10 heteroatoms. The standard InChI is InChI=1S/C17H16F4N6/c1-10-9-22-27-14-7-11(17(19,20)21)12(18)8-13(14)24-15(16(27)23-10)26-5-3-25(2)4-6-26/h7-8H,3-6H2,1-2H3. The summed E-state index contributed by atoms with van der Waals surface area (Å²) in [6.45, 7) is 4.65. The molecule has 4 rings (SSSR count). The molecule has 1 aromatic rings. The van der Waals surface area contributed by atoms with Crippen molar-refractivity contribution in [3.63, 3.8) is 0 Å². The van der Waals surface area contributed by atoms with E-state index in [0.29, 0.717) is 30.5 Å². The van der Waals surface area contributed by atoms with Gasteiger partial charge in [0.2, 0.25) is 0 Å². The van der Waals surface area contributed by atoms with Crippen molar-refractivity contribution in [3.8, 4) is 0 Å². The van der Waals surface area contributed by atoms with Crippen molar-refractivity contribution >= 4 is 28.9 Å². The van der Waals surface area contributed by atoms with Crippen LogP contribution in [0.3, 0.4) is 0 Å². The quantitative estimate of drug-likeness (QED) is 0.651. The number of hydrogen-bond donors (Lipinski definition) is 0. The molecule has 0 spiro atoms. The van der Waals surface area contributed by atoms with Gasteiger partial charge in [0.15, 0.2) is 11.7 Å². The summed E-state index contributed by atoms with van der Waals surface area (Å²) in [4.78, 5) is 13.0. The molecule has 0 radical (unpaired) electrons. The van der Waals surface area contributed by atoms with Crippen molar-refractivity contribution in [2.24, 2.45) is 15.1 Å². The second kappa shape index (κ2) is 6.17. The molecule has 3 aliphatic rings. The lowest BCUT2D eigenvalue weighted by Gasteiger charge is -2.38. The van der Waals surface area contributed by atoms with E-state index in [4.69, 9.17) is 0 Å². The maximum atomic E-state index is 14.1. The molecule has 0 N–H and O–H groups in total. The Bertz CT molecular complexity index is 918. The summed E-state index contributed by atoms with van der Waals surface area (Å²) < 4.78 is 53.4. The molecule has 0 amide bonds. The second-order valence-corrected chi connectivity index (χ2v) is 6.59. The lowest BCUT2D eigenvalue weighted by atomic mass is 10.1. The molecule has 0 atom stereocenters. The van der Waals surface area contributed by atoms with Gasteiger partial charge in [0, 0.05) is 38.1 Å². The fourth-order valence-electron chi connectivity index (χ4n) is 3.14. The number of aliphatic imine (C=N–C) groups is 2. The Labute approximate surface area is 152 Å². The summed E-state index contributed by atoms with van der Waals surface area (Å²) >= 11 is 0. The van der Waals surface area contributed by atoms with Crippen LogP contribution >= 0.6 is 0 Å². The fourth-order valence-corrected chi connectivity index (χ4v) is 3.14. The van der Waals surface area contributed by atoms with Crippen LogP contribution in [0.25, 0.3) is 0 Å². The minimum absolute atomic E-state index is 0.0281. The van der Waals surface area contributed by atoms with Crippen LogP contribution in [0.1, 0.15) is 12.5 Å². The van der Waals surface area contributed by atoms with Crippen molar-refractivity contribution in [1.29, 1.82) is 0 Å². The molecule has 0 bridgehead atoms. The first-order valence-corrected chi connectivity index (χ1v) is 8.36. The number of likely N-dealkylation sites (N-methyl/N-ethyl adjacent to an activating group) is 1. The average Bonchev–Trinajstić information content (AvgIpc) is 2.60. The van der Waals surface area contributed by atoms with Crippen LogP contribution < -0.4 is 5.01 Å². The molecule has 0 unspecified atom stereocenters. The van der Waals surface area contributed by atoms with Crippen molar-refractivity contribution in [1.82, 2.24) is 9.80 Å². The number of fused-ring (bicyclic) bond motifs is 3. The van der Waals surface area contributed by atoms with Gasteiger partial charge < -0.3 is 9.80 Å². The number of amidine groups is 2. The van der Waals surface area contributed by atoms with Crippen LogP contribution in [-0.4, -0.2) is 60.6 Å². The summed E-state index contributed by atoms with van der Waals surface area (Å²) in [6, 6.07) is 1.52. The molecule has 1 saturated heterocycles. The van der Waals surface area contributed by atoms with E-state index in [9.17, 15) is 17.6 Å². The molecule has 1 fully saturated rings. The number of hydrazone groups is 1. The highest BCUT2D eigenvalue weighted by Crippen LogP contribution is 2.41. The Kier molecular flexibility index (Phi) is 4.05. The molecule has 27 heavy (non-hydrogen) atoms. The zero-order valence-electron chi connectivity index (χ0n) is 14.7. The van der Waals surface area contributed by atoms with Crippen LogP contribution in [-0.2, 0) is 6.18 Å². The molecule has 142 valence electrons. The highest BCUT2D eigenvalue weighted by atomic mass is 19.4. The predicted octanol–water partition coefficient (Wildman–Crippen LogP) is 2.84. The van der Waals surface area contributed by atoms with E-state index < -0.39 is 17.6 Å². The maximum absolute atomic E-state index is 14.1. The highest BCUT2D eigenvalue weighted by Gasteiger charge is 2.39. The molecule has 0 aromatic heterocycles. The lowest BCUT2D eigenvalue weighted by Crippen LogP contribution is -2.53. The van der Waals surface area contributed by atoms with E-state index in [-0.39, 0.29) is 11.4 Å². The molecule has 1 aromatic carbocycles. The van der Waals surface area contributed by atoms with Crippen molar-refractivity contribution in [3.05, 3.63) is 29.2 Å². The van der Waals surface area contributed by atoms with Crippen LogP contribution in [0.2, 0.25) is 0 Å². The van der Waals surface area contributed by atoms with Gasteiger partial charge >= 0.3 is 6.18 Å². The summed E-state index contributed by atoms with van der Waals surface area (Å²) in [5, 5.41) is 5.34. The average molecular weight is 380 g/mol. The number of anilines is 1. The topological polar surface area (TPSA) is 46.8 Å². The van der Waals surface area contributed by atoms with Crippen molar-refractivity contribution < 1.29 is 17.6 Å². The van der Waals surface area contributed by atoms with E-state index in [1.165, 1.54) is 5.01 Å². The minimum atomic E-state index is -4.82. The third kappa shape index (κ3) is 3.11. The van der Waals surface area contributed by atoms with Gasteiger partial charge in [0.05, 0.1) is 16.9 Å². The van der Waals surface area contributed by atoms with E-state index in [2.05, 4.69) is 25.9 Å². The maximum Gasteiger partial charge on any atom is 0.419 e. The number of allylic oxidation sites excluding steroid dienone is 1. The number of piperazine rings is 1. The van der Waals surface area contributed by atoms with E-state index in [1.807, 2.05) is 11.9 Å². The summed E-state index contributed by atoms with van der Waals surface area (Å²) in [7, 11) is 2.00. The smallest absolute Gasteiger partial charge is 0.351 e. The SMILES string of the molecule is CC1=C=NN2C(=N1)C(N1CCN(C)CC1)=Nc1cc(F)c(C(F)(F)F)cc12. The lowest BCUT2D eigenvalue weighted by molar-refractivity contribution is -0.139. The van der Waals surface area contributed by atoms with Gasteiger partial charge in [-0.15, -0.1) is 5.10 Å². The number of halogens is 4. The largest absolute Gasteiger partial charge is 0.419 e. The highest BCUT2D eigenvalue weighted by molar-refractivity contribution is 6.47. The zero-order valence-corrected chi connectivity index (χ0v) is 14.7. The predicted molar refractivity (Wildman–Crippen MR) is 94.1 cm³/mol. The van der Waals surface area contributed by atoms with Gasteiger partial charge in [0.25, 0.3) is 0 Å². The summed E-state index contributed by atoms with van der Waals surface area (Å²) in [6.07, 6.45) is -4.82. The van der Waals surface area contributed by atoms with Gasteiger partial charge in [-0.05, 0) is 20.0 Å². The number of hydrogen-bond acceptors (Lipinski definition) is 6. The number of rotatable bonds is 0. The molecular formula is C17H16F4N6. The summed E-state index contributed by atoms with van der Waals surface area (Å²) in [5.74, 6) is 2.08. The van der Waals surface area contributed by atoms with E-state index in [1.54, 1.807) is 6.92 Å². The number of nitrogens with zero attached hydrogens (tertiary/aromatic N) is 6. The normalized spacial score (nSPS) is 20.0. The van der Waals surface area contributed by atoms with Crippen molar-refractivity contribution in [2.45, 2.75) is 13.1 Å². The Hall–Kier alpha value is -2.71. The first kappa shape index (κ1) is 17.7. The minimum Gasteiger partial charge on any atom is -0.351 e. The van der Waals surface area contributed by atoms with Crippen molar-refractivity contribution in [2.75, 3.05) is 38.2 Å². The third-order valence-electron chi connectivity index (χ3n) is 4.61. The molecule has 0 saturated carbocycles. The Balaban J connectivity index is 1.86. The third-order valence-corrected chi connectivity index (χ3v) is 4.61. The summed E-state index contributed by atoms with van der Waals surface area (Å²) in [5.41, 5.74) is -0.760. The van der Waals surface area contributed by atoms with E-state index >= 15 is 0 Å². The van der Waals surface area contributed by atoms with Crippen LogP contribution in [0.4, 0.5) is 28.9 Å².